The number of hydrogen-bond acceptors (Lipinski definition) is 4. The summed E-state index contributed by atoms with van der Waals surface area (Å²) in [6.07, 6.45) is 1.51. The largest absolute Gasteiger partial charge is 0.384 e. The van der Waals surface area contributed by atoms with E-state index < -0.39 is 20.8 Å². The summed E-state index contributed by atoms with van der Waals surface area (Å²) in [7, 11) is -4.89. The molecule has 0 aliphatic heterocycles. The minimum Gasteiger partial charge on any atom is -0.384 e. The molecule has 0 amide bonds. The molecule has 0 aliphatic carbocycles. The minimum atomic E-state index is -3.77. The van der Waals surface area contributed by atoms with Crippen LogP contribution in [0.2, 0.25) is 5.02 Å². The molecule has 0 saturated heterocycles. The molecule has 0 aliphatic rings. The van der Waals surface area contributed by atoms with E-state index in [1.807, 2.05) is 0 Å². The fourth-order valence-electron chi connectivity index (χ4n) is 1.36. The van der Waals surface area contributed by atoms with Gasteiger partial charge in [0.05, 0.1) is 5.02 Å². The average Bonchev–Trinajstić information content (AvgIpc) is 2.42. The molecule has 0 spiro atoms. The van der Waals surface area contributed by atoms with Crippen molar-refractivity contribution in [2.75, 3.05) is 19.4 Å². The Bertz CT molecular complexity index is 692. The first kappa shape index (κ1) is 18.1. The smallest absolute Gasteiger partial charge is 0.242 e. The van der Waals surface area contributed by atoms with Gasteiger partial charge in [-0.1, -0.05) is 23.4 Å². The molecule has 1 aromatic carbocycles. The van der Waals surface area contributed by atoms with Crippen LogP contribution in [0.5, 0.6) is 0 Å². The first-order valence-electron chi connectivity index (χ1n) is 5.99. The maximum Gasteiger partial charge on any atom is 0.242 e. The highest BCUT2D eigenvalue weighted by atomic mass is 35.5. The van der Waals surface area contributed by atoms with Crippen molar-refractivity contribution in [2.24, 2.45) is 0 Å². The molecule has 0 heterocycles. The molecule has 0 aromatic heterocycles. The SMILES string of the molecule is CC(CNS(=O)(=O)c1ccc(C#CCO)cc1Cl)S(C)=O. The van der Waals surface area contributed by atoms with Crippen LogP contribution in [0.25, 0.3) is 0 Å². The molecule has 8 heteroatoms. The van der Waals surface area contributed by atoms with Gasteiger partial charge in [-0.25, -0.2) is 13.1 Å². The van der Waals surface area contributed by atoms with Gasteiger partial charge in [0.1, 0.15) is 11.5 Å². The zero-order valence-corrected chi connectivity index (χ0v) is 14.0. The summed E-state index contributed by atoms with van der Waals surface area (Å²) in [4.78, 5) is -0.0622. The lowest BCUT2D eigenvalue weighted by atomic mass is 10.2. The van der Waals surface area contributed by atoms with Crippen molar-refractivity contribution < 1.29 is 17.7 Å². The van der Waals surface area contributed by atoms with Crippen LogP contribution in [0.3, 0.4) is 0 Å². The number of benzene rings is 1. The summed E-state index contributed by atoms with van der Waals surface area (Å²) in [6.45, 7) is 1.47. The highest BCUT2D eigenvalue weighted by molar-refractivity contribution is 7.89. The highest BCUT2D eigenvalue weighted by Crippen LogP contribution is 2.22. The van der Waals surface area contributed by atoms with Crippen LogP contribution in [0, 0.1) is 11.8 Å². The van der Waals surface area contributed by atoms with Gasteiger partial charge in [-0.05, 0) is 25.1 Å². The van der Waals surface area contributed by atoms with Crippen LogP contribution in [0.1, 0.15) is 12.5 Å². The summed E-state index contributed by atoms with van der Waals surface area (Å²) >= 11 is 5.96. The van der Waals surface area contributed by atoms with E-state index in [-0.39, 0.29) is 28.3 Å². The van der Waals surface area contributed by atoms with E-state index in [9.17, 15) is 12.6 Å². The minimum absolute atomic E-state index is 0.0394. The molecule has 1 rings (SSSR count). The molecule has 5 nitrogen and oxygen atoms in total. The van der Waals surface area contributed by atoms with E-state index in [4.69, 9.17) is 16.7 Å². The average molecular weight is 350 g/mol. The maximum atomic E-state index is 12.1. The zero-order chi connectivity index (χ0) is 16.0. The second kappa shape index (κ2) is 7.92. The molecule has 0 fully saturated rings. The zero-order valence-electron chi connectivity index (χ0n) is 11.6. The van der Waals surface area contributed by atoms with Gasteiger partial charge in [-0.3, -0.25) is 4.21 Å². The second-order valence-electron chi connectivity index (χ2n) is 4.27. The molecule has 116 valence electrons. The van der Waals surface area contributed by atoms with Crippen molar-refractivity contribution in [3.63, 3.8) is 0 Å². The third kappa shape index (κ3) is 5.41. The van der Waals surface area contributed by atoms with E-state index in [2.05, 4.69) is 16.6 Å². The van der Waals surface area contributed by atoms with E-state index >= 15 is 0 Å². The number of aliphatic hydroxyl groups excluding tert-OH is 1. The van der Waals surface area contributed by atoms with Gasteiger partial charge in [0, 0.05) is 34.4 Å². The van der Waals surface area contributed by atoms with Crippen molar-refractivity contribution in [3.05, 3.63) is 28.8 Å². The van der Waals surface area contributed by atoms with E-state index in [0.717, 1.165) is 0 Å². The van der Waals surface area contributed by atoms with Gasteiger partial charge in [0.2, 0.25) is 10.0 Å². The first-order valence-corrected chi connectivity index (χ1v) is 9.47. The van der Waals surface area contributed by atoms with Crippen LogP contribution >= 0.6 is 11.6 Å². The Labute approximate surface area is 132 Å². The fourth-order valence-corrected chi connectivity index (χ4v) is 3.46. The fraction of sp³-hybridized carbons (Fsp3) is 0.385. The van der Waals surface area contributed by atoms with Crippen LogP contribution < -0.4 is 4.72 Å². The molecule has 0 saturated carbocycles. The Kier molecular flexibility index (Phi) is 6.84. The van der Waals surface area contributed by atoms with E-state index in [1.165, 1.54) is 24.5 Å². The van der Waals surface area contributed by atoms with Gasteiger partial charge in [-0.2, -0.15) is 0 Å². The number of nitrogens with one attached hydrogen (secondary N) is 1. The standard InChI is InChI=1S/C13H16ClNO4S2/c1-10(20(2)17)9-15-21(18,19)13-6-5-11(4-3-7-16)8-12(13)14/h5-6,8,10,15-16H,7,9H2,1-2H3. The molecule has 0 radical (unpaired) electrons. The lowest BCUT2D eigenvalue weighted by Gasteiger charge is -2.11. The second-order valence-corrected chi connectivity index (χ2v) is 8.21. The van der Waals surface area contributed by atoms with E-state index in [0.29, 0.717) is 5.56 Å². The summed E-state index contributed by atoms with van der Waals surface area (Å²) in [5, 5.41) is 8.35. The summed E-state index contributed by atoms with van der Waals surface area (Å²) in [6, 6.07) is 4.27. The quantitative estimate of drug-likeness (QED) is 0.768. The first-order chi connectivity index (χ1) is 9.77. The molecular weight excluding hydrogens is 334 g/mol. The molecule has 2 unspecified atom stereocenters. The molecule has 2 N–H and O–H groups in total. The molecule has 0 bridgehead atoms. The monoisotopic (exact) mass is 349 g/mol. The van der Waals surface area contributed by atoms with Gasteiger partial charge >= 0.3 is 0 Å². The van der Waals surface area contributed by atoms with Crippen molar-refractivity contribution in [1.82, 2.24) is 4.72 Å². The molecule has 21 heavy (non-hydrogen) atoms. The van der Waals surface area contributed by atoms with Crippen molar-refractivity contribution >= 4 is 32.4 Å². The number of rotatable bonds is 5. The lowest BCUT2D eigenvalue weighted by Crippen LogP contribution is -2.32. The number of aliphatic hydroxyl groups is 1. The van der Waals surface area contributed by atoms with Gasteiger partial charge in [0.15, 0.2) is 0 Å². The van der Waals surface area contributed by atoms with Gasteiger partial charge < -0.3 is 5.11 Å². The number of hydrogen-bond donors (Lipinski definition) is 2. The van der Waals surface area contributed by atoms with Crippen LogP contribution in [-0.2, 0) is 20.8 Å². The lowest BCUT2D eigenvalue weighted by molar-refractivity contribution is 0.350. The maximum absolute atomic E-state index is 12.1. The predicted molar refractivity (Wildman–Crippen MR) is 84.1 cm³/mol. The van der Waals surface area contributed by atoms with E-state index in [1.54, 1.807) is 6.92 Å². The van der Waals surface area contributed by atoms with Gasteiger partial charge in [-0.15, -0.1) is 0 Å². The third-order valence-corrected chi connectivity index (χ3v) is 5.87. The Morgan fingerprint density at radius 3 is 2.67 bits per heavy atom. The predicted octanol–water partition coefficient (Wildman–Crippen LogP) is 0.729. The summed E-state index contributed by atoms with van der Waals surface area (Å²) in [5.41, 5.74) is 0.510. The molecular formula is C13H16ClNO4S2. The normalized spacial score (nSPS) is 14.1. The highest BCUT2D eigenvalue weighted by Gasteiger charge is 2.19. The Hall–Kier alpha value is -0.910. The van der Waals surface area contributed by atoms with Gasteiger partial charge in [0.25, 0.3) is 0 Å². The van der Waals surface area contributed by atoms with Crippen LogP contribution in [0.4, 0.5) is 0 Å². The summed E-state index contributed by atoms with van der Waals surface area (Å²) < 4.78 is 37.9. The number of halogens is 1. The molecule has 1 aromatic rings. The third-order valence-electron chi connectivity index (χ3n) is 2.66. The topological polar surface area (TPSA) is 83.5 Å². The van der Waals surface area contributed by atoms with Crippen molar-refractivity contribution in [2.45, 2.75) is 17.1 Å². The number of sulfonamides is 1. The van der Waals surface area contributed by atoms with Crippen molar-refractivity contribution in [3.8, 4) is 11.8 Å². The Balaban J connectivity index is 2.96. The Morgan fingerprint density at radius 2 is 2.14 bits per heavy atom. The Morgan fingerprint density at radius 1 is 1.48 bits per heavy atom. The molecule has 2 atom stereocenters. The summed E-state index contributed by atoms with van der Waals surface area (Å²) in [5.74, 6) is 5.09. The van der Waals surface area contributed by atoms with Crippen LogP contribution in [-0.4, -0.2) is 42.4 Å². The van der Waals surface area contributed by atoms with Crippen molar-refractivity contribution in [1.29, 1.82) is 0 Å². The van der Waals surface area contributed by atoms with Crippen LogP contribution in [0.15, 0.2) is 23.1 Å².